The zero-order valence-corrected chi connectivity index (χ0v) is 8.75. The lowest BCUT2D eigenvalue weighted by Crippen LogP contribution is -1.94. The molecule has 0 amide bonds. The van der Waals surface area contributed by atoms with E-state index in [0.717, 1.165) is 17.0 Å². The van der Waals surface area contributed by atoms with Gasteiger partial charge < -0.3 is 4.74 Å². The lowest BCUT2D eigenvalue weighted by molar-refractivity contribution is 0.181. The van der Waals surface area contributed by atoms with E-state index in [-0.39, 0.29) is 0 Å². The Morgan fingerprint density at radius 2 is 2.29 bits per heavy atom. The summed E-state index contributed by atoms with van der Waals surface area (Å²) in [6.07, 6.45) is 0. The van der Waals surface area contributed by atoms with Gasteiger partial charge >= 0.3 is 0 Å². The third-order valence-electron chi connectivity index (χ3n) is 1.85. The van der Waals surface area contributed by atoms with Gasteiger partial charge in [0.25, 0.3) is 0 Å². The van der Waals surface area contributed by atoms with Gasteiger partial charge in [0.2, 0.25) is 0 Å². The smallest absolute Gasteiger partial charge is 0.157 e. The zero-order chi connectivity index (χ0) is 10.1. The minimum atomic E-state index is 0.471. The Balaban J connectivity index is 2.58. The standard InChI is InChI=1S/C9H10ClN3O/c1-6-3-8(10)13-9(11-6)4-7(12-13)5-14-2/h3-4H,5H2,1-2H3. The number of fused-ring (bicyclic) bond motifs is 1. The highest BCUT2D eigenvalue weighted by Gasteiger charge is 2.05. The average molecular weight is 212 g/mol. The summed E-state index contributed by atoms with van der Waals surface area (Å²) >= 11 is 6.00. The Bertz CT molecular complexity index is 466. The molecular weight excluding hydrogens is 202 g/mol. The SMILES string of the molecule is COCc1cc2nc(C)cc(Cl)n2n1. The maximum absolute atomic E-state index is 6.00. The molecule has 0 saturated heterocycles. The molecule has 0 radical (unpaired) electrons. The highest BCUT2D eigenvalue weighted by Crippen LogP contribution is 2.13. The number of rotatable bonds is 2. The molecule has 0 unspecified atom stereocenters. The van der Waals surface area contributed by atoms with Crippen molar-refractivity contribution < 1.29 is 4.74 Å². The van der Waals surface area contributed by atoms with Gasteiger partial charge in [-0.25, -0.2) is 9.50 Å². The maximum Gasteiger partial charge on any atom is 0.157 e. The summed E-state index contributed by atoms with van der Waals surface area (Å²) in [5.74, 6) is 0. The van der Waals surface area contributed by atoms with Gasteiger partial charge in [0.1, 0.15) is 5.15 Å². The number of hydrogen-bond acceptors (Lipinski definition) is 3. The number of ether oxygens (including phenoxy) is 1. The van der Waals surface area contributed by atoms with Crippen molar-refractivity contribution >= 4 is 17.2 Å². The molecule has 4 nitrogen and oxygen atoms in total. The molecule has 2 rings (SSSR count). The lowest BCUT2D eigenvalue weighted by atomic mass is 10.4. The molecule has 2 heterocycles. The van der Waals surface area contributed by atoms with Crippen molar-refractivity contribution in [1.29, 1.82) is 0 Å². The lowest BCUT2D eigenvalue weighted by Gasteiger charge is -1.97. The second-order valence-corrected chi connectivity index (χ2v) is 3.45. The Kier molecular flexibility index (Phi) is 2.39. The van der Waals surface area contributed by atoms with E-state index in [1.165, 1.54) is 0 Å². The molecule has 0 fully saturated rings. The number of aromatic nitrogens is 3. The van der Waals surface area contributed by atoms with E-state index >= 15 is 0 Å². The van der Waals surface area contributed by atoms with E-state index in [4.69, 9.17) is 16.3 Å². The van der Waals surface area contributed by atoms with Gasteiger partial charge in [-0.2, -0.15) is 5.10 Å². The zero-order valence-electron chi connectivity index (χ0n) is 7.99. The van der Waals surface area contributed by atoms with Gasteiger partial charge in [-0.15, -0.1) is 0 Å². The fraction of sp³-hybridized carbons (Fsp3) is 0.333. The van der Waals surface area contributed by atoms with Crippen molar-refractivity contribution in [3.63, 3.8) is 0 Å². The second kappa shape index (κ2) is 3.55. The van der Waals surface area contributed by atoms with E-state index in [1.54, 1.807) is 17.7 Å². The van der Waals surface area contributed by atoms with Gasteiger partial charge in [-0.05, 0) is 13.0 Å². The minimum Gasteiger partial charge on any atom is -0.378 e. The molecule has 2 aromatic heterocycles. The molecule has 74 valence electrons. The van der Waals surface area contributed by atoms with Gasteiger partial charge in [-0.3, -0.25) is 0 Å². The Hall–Kier alpha value is -1.13. The largest absolute Gasteiger partial charge is 0.378 e. The van der Waals surface area contributed by atoms with E-state index in [2.05, 4.69) is 10.1 Å². The van der Waals surface area contributed by atoms with Gasteiger partial charge in [0.05, 0.1) is 12.3 Å². The van der Waals surface area contributed by atoms with E-state index in [1.807, 2.05) is 13.0 Å². The molecule has 14 heavy (non-hydrogen) atoms. The normalized spacial score (nSPS) is 11.1. The van der Waals surface area contributed by atoms with Crippen molar-refractivity contribution in [2.24, 2.45) is 0 Å². The predicted molar refractivity (Wildman–Crippen MR) is 53.4 cm³/mol. The molecule has 5 heteroatoms. The van der Waals surface area contributed by atoms with Gasteiger partial charge in [0.15, 0.2) is 5.65 Å². The highest BCUT2D eigenvalue weighted by atomic mass is 35.5. The van der Waals surface area contributed by atoms with Crippen LogP contribution in [-0.2, 0) is 11.3 Å². The van der Waals surface area contributed by atoms with Crippen LogP contribution in [0, 0.1) is 6.92 Å². The molecule has 0 aliphatic heterocycles. The highest BCUT2D eigenvalue weighted by molar-refractivity contribution is 6.29. The Morgan fingerprint density at radius 1 is 1.50 bits per heavy atom. The van der Waals surface area contributed by atoms with Crippen molar-refractivity contribution in [3.8, 4) is 0 Å². The van der Waals surface area contributed by atoms with Crippen LogP contribution in [0.3, 0.4) is 0 Å². The number of aryl methyl sites for hydroxylation is 1. The molecule has 0 spiro atoms. The Labute approximate surface area is 86.5 Å². The minimum absolute atomic E-state index is 0.471. The van der Waals surface area contributed by atoms with Crippen LogP contribution in [0.5, 0.6) is 0 Å². The Morgan fingerprint density at radius 3 is 3.00 bits per heavy atom. The molecule has 0 aliphatic rings. The number of halogens is 1. The van der Waals surface area contributed by atoms with Crippen LogP contribution in [0.4, 0.5) is 0 Å². The van der Waals surface area contributed by atoms with Crippen molar-refractivity contribution in [3.05, 3.63) is 28.7 Å². The van der Waals surface area contributed by atoms with Crippen molar-refractivity contribution in [2.45, 2.75) is 13.5 Å². The van der Waals surface area contributed by atoms with E-state index in [9.17, 15) is 0 Å². The monoisotopic (exact) mass is 211 g/mol. The first kappa shape index (κ1) is 9.43. The quantitative estimate of drug-likeness (QED) is 0.712. The number of hydrogen-bond donors (Lipinski definition) is 0. The molecule has 0 aromatic carbocycles. The van der Waals surface area contributed by atoms with Crippen molar-refractivity contribution in [1.82, 2.24) is 14.6 Å². The summed E-state index contributed by atoms with van der Waals surface area (Å²) in [6, 6.07) is 3.64. The van der Waals surface area contributed by atoms with E-state index < -0.39 is 0 Å². The fourth-order valence-electron chi connectivity index (χ4n) is 1.32. The molecular formula is C9H10ClN3O. The topological polar surface area (TPSA) is 39.4 Å². The van der Waals surface area contributed by atoms with E-state index in [0.29, 0.717) is 11.8 Å². The number of methoxy groups -OCH3 is 1. The number of nitrogens with zero attached hydrogens (tertiary/aromatic N) is 3. The first-order chi connectivity index (χ1) is 6.70. The summed E-state index contributed by atoms with van der Waals surface area (Å²) in [7, 11) is 1.63. The summed E-state index contributed by atoms with van der Waals surface area (Å²) in [4.78, 5) is 4.30. The molecule has 2 aromatic rings. The van der Waals surface area contributed by atoms with Crippen LogP contribution in [0.25, 0.3) is 5.65 Å². The van der Waals surface area contributed by atoms with Crippen LogP contribution in [0.1, 0.15) is 11.4 Å². The summed E-state index contributed by atoms with van der Waals surface area (Å²) < 4.78 is 6.58. The third-order valence-corrected chi connectivity index (χ3v) is 2.12. The molecule has 0 bridgehead atoms. The molecule has 0 N–H and O–H groups in total. The van der Waals surface area contributed by atoms with Crippen LogP contribution in [-0.4, -0.2) is 21.7 Å². The van der Waals surface area contributed by atoms with Gasteiger partial charge in [0, 0.05) is 18.9 Å². The second-order valence-electron chi connectivity index (χ2n) is 3.06. The summed E-state index contributed by atoms with van der Waals surface area (Å²) in [6.45, 7) is 2.37. The fourth-order valence-corrected chi connectivity index (χ4v) is 1.60. The molecule has 0 aliphatic carbocycles. The van der Waals surface area contributed by atoms with Crippen LogP contribution in [0.2, 0.25) is 5.15 Å². The average Bonchev–Trinajstić information content (AvgIpc) is 2.48. The van der Waals surface area contributed by atoms with Crippen LogP contribution < -0.4 is 0 Å². The predicted octanol–water partition coefficient (Wildman–Crippen LogP) is 1.84. The van der Waals surface area contributed by atoms with Crippen LogP contribution >= 0.6 is 11.6 Å². The summed E-state index contributed by atoms with van der Waals surface area (Å²) in [5, 5.41) is 4.81. The molecule has 0 saturated carbocycles. The van der Waals surface area contributed by atoms with Crippen molar-refractivity contribution in [2.75, 3.05) is 7.11 Å². The van der Waals surface area contributed by atoms with Gasteiger partial charge in [-0.1, -0.05) is 11.6 Å². The first-order valence-corrected chi connectivity index (χ1v) is 4.59. The summed E-state index contributed by atoms with van der Waals surface area (Å²) in [5.41, 5.74) is 2.46. The maximum atomic E-state index is 6.00. The third kappa shape index (κ3) is 1.58. The first-order valence-electron chi connectivity index (χ1n) is 4.21. The molecule has 0 atom stereocenters. The van der Waals surface area contributed by atoms with Crippen LogP contribution in [0.15, 0.2) is 12.1 Å².